The number of anilines is 1. The van der Waals surface area contributed by atoms with E-state index in [2.05, 4.69) is 5.32 Å². The van der Waals surface area contributed by atoms with Crippen LogP contribution in [0.5, 0.6) is 0 Å². The van der Waals surface area contributed by atoms with E-state index in [9.17, 15) is 22.8 Å². The number of hydrogen-bond donors (Lipinski definition) is 1. The van der Waals surface area contributed by atoms with Crippen molar-refractivity contribution in [2.24, 2.45) is 0 Å². The molecule has 0 atom stereocenters. The first-order valence-electron chi connectivity index (χ1n) is 6.97. The Morgan fingerprint density at radius 1 is 1.08 bits per heavy atom. The number of hydrogen-bond acceptors (Lipinski definition) is 3. The number of para-hydroxylation sites is 1. The molecular formula is C17H9ClF3NO3. The van der Waals surface area contributed by atoms with Crippen LogP contribution in [0.1, 0.15) is 16.1 Å². The number of amides is 1. The van der Waals surface area contributed by atoms with Crippen LogP contribution in [0.2, 0.25) is 5.02 Å². The summed E-state index contributed by atoms with van der Waals surface area (Å²) in [4.78, 5) is 24.2. The third-order valence-corrected chi connectivity index (χ3v) is 3.73. The van der Waals surface area contributed by atoms with Gasteiger partial charge in [-0.25, -0.2) is 0 Å². The van der Waals surface area contributed by atoms with E-state index in [-0.39, 0.29) is 27.4 Å². The van der Waals surface area contributed by atoms with Crippen LogP contribution < -0.4 is 10.7 Å². The lowest BCUT2D eigenvalue weighted by Crippen LogP contribution is -2.16. The second kappa shape index (κ2) is 6.25. The van der Waals surface area contributed by atoms with Gasteiger partial charge >= 0.3 is 6.18 Å². The summed E-state index contributed by atoms with van der Waals surface area (Å²) in [6, 6.07) is 9.80. The number of halogens is 4. The highest BCUT2D eigenvalue weighted by Gasteiger charge is 2.31. The molecule has 0 fully saturated rings. The van der Waals surface area contributed by atoms with Crippen LogP contribution in [-0.2, 0) is 6.18 Å². The maximum atomic E-state index is 12.8. The molecule has 3 aromatic rings. The van der Waals surface area contributed by atoms with E-state index in [1.807, 2.05) is 0 Å². The Labute approximate surface area is 143 Å². The minimum Gasteiger partial charge on any atom is -0.451 e. The van der Waals surface area contributed by atoms with Gasteiger partial charge < -0.3 is 9.73 Å². The molecule has 25 heavy (non-hydrogen) atoms. The Morgan fingerprint density at radius 2 is 1.80 bits per heavy atom. The summed E-state index contributed by atoms with van der Waals surface area (Å²) >= 11 is 5.83. The average Bonchev–Trinajstić information content (AvgIpc) is 2.55. The van der Waals surface area contributed by atoms with Gasteiger partial charge in [-0.2, -0.15) is 13.2 Å². The van der Waals surface area contributed by atoms with E-state index in [1.54, 1.807) is 12.1 Å². The molecule has 0 saturated carbocycles. The number of carbonyl (C=O) groups excluding carboxylic acids is 1. The van der Waals surface area contributed by atoms with E-state index >= 15 is 0 Å². The highest BCUT2D eigenvalue weighted by molar-refractivity contribution is 6.33. The minimum atomic E-state index is -4.58. The van der Waals surface area contributed by atoms with Crippen molar-refractivity contribution >= 4 is 34.2 Å². The lowest BCUT2D eigenvalue weighted by molar-refractivity contribution is -0.137. The van der Waals surface area contributed by atoms with Crippen LogP contribution >= 0.6 is 11.6 Å². The fourth-order valence-electron chi connectivity index (χ4n) is 2.20. The number of alkyl halides is 3. The van der Waals surface area contributed by atoms with Gasteiger partial charge in [0.25, 0.3) is 5.91 Å². The lowest BCUT2D eigenvalue weighted by atomic mass is 10.2. The second-order valence-electron chi connectivity index (χ2n) is 5.12. The highest BCUT2D eigenvalue weighted by Crippen LogP contribution is 2.34. The number of fused-ring (bicyclic) bond motifs is 1. The molecule has 0 aliphatic rings. The summed E-state index contributed by atoms with van der Waals surface area (Å²) in [6.07, 6.45) is -4.58. The van der Waals surface area contributed by atoms with Crippen LogP contribution in [0.15, 0.2) is 57.7 Å². The summed E-state index contributed by atoms with van der Waals surface area (Å²) in [5.41, 5.74) is -1.46. The average molecular weight is 368 g/mol. The molecule has 4 nitrogen and oxygen atoms in total. The molecular weight excluding hydrogens is 359 g/mol. The SMILES string of the molecule is O=C(Nc1cc(C(F)(F)F)ccc1Cl)c1cc(=O)c2ccccc2o1. The van der Waals surface area contributed by atoms with E-state index < -0.39 is 23.1 Å². The van der Waals surface area contributed by atoms with Crippen LogP contribution in [0, 0.1) is 0 Å². The molecule has 0 spiro atoms. The number of nitrogens with one attached hydrogen (secondary N) is 1. The van der Waals surface area contributed by atoms with E-state index in [1.165, 1.54) is 12.1 Å². The molecule has 0 radical (unpaired) electrons. The first-order valence-corrected chi connectivity index (χ1v) is 7.34. The van der Waals surface area contributed by atoms with Crippen molar-refractivity contribution in [3.63, 3.8) is 0 Å². The number of rotatable bonds is 2. The number of benzene rings is 2. The molecule has 0 unspecified atom stereocenters. The first kappa shape index (κ1) is 17.0. The summed E-state index contributed by atoms with van der Waals surface area (Å²) in [6.45, 7) is 0. The predicted octanol–water partition coefficient (Wildman–Crippen LogP) is 4.72. The van der Waals surface area contributed by atoms with Gasteiger partial charge in [0.1, 0.15) is 5.58 Å². The smallest absolute Gasteiger partial charge is 0.416 e. The molecule has 3 rings (SSSR count). The summed E-state index contributed by atoms with van der Waals surface area (Å²) in [5, 5.41) is 2.44. The van der Waals surface area contributed by atoms with Crippen LogP contribution in [-0.4, -0.2) is 5.91 Å². The summed E-state index contributed by atoms with van der Waals surface area (Å²) in [5.74, 6) is -1.22. The fourth-order valence-corrected chi connectivity index (χ4v) is 2.36. The van der Waals surface area contributed by atoms with Gasteiger partial charge in [0.2, 0.25) is 0 Å². The molecule has 2 aromatic carbocycles. The summed E-state index contributed by atoms with van der Waals surface area (Å²) < 4.78 is 43.7. The lowest BCUT2D eigenvalue weighted by Gasteiger charge is -2.11. The van der Waals surface area contributed by atoms with Gasteiger partial charge in [-0.1, -0.05) is 23.7 Å². The Kier molecular flexibility index (Phi) is 4.26. The van der Waals surface area contributed by atoms with Crippen molar-refractivity contribution in [2.45, 2.75) is 6.18 Å². The first-order chi connectivity index (χ1) is 11.8. The predicted molar refractivity (Wildman–Crippen MR) is 86.9 cm³/mol. The maximum absolute atomic E-state index is 12.8. The maximum Gasteiger partial charge on any atom is 0.416 e. The van der Waals surface area contributed by atoms with Gasteiger partial charge in [-0.3, -0.25) is 9.59 Å². The van der Waals surface area contributed by atoms with E-state index in [0.717, 1.165) is 18.2 Å². The van der Waals surface area contributed by atoms with Crippen LogP contribution in [0.3, 0.4) is 0 Å². The normalized spacial score (nSPS) is 11.5. The van der Waals surface area contributed by atoms with Crippen molar-refractivity contribution in [1.29, 1.82) is 0 Å². The Balaban J connectivity index is 1.97. The zero-order valence-corrected chi connectivity index (χ0v) is 13.1. The largest absolute Gasteiger partial charge is 0.451 e. The van der Waals surface area contributed by atoms with E-state index in [4.69, 9.17) is 16.0 Å². The summed E-state index contributed by atoms with van der Waals surface area (Å²) in [7, 11) is 0. The fraction of sp³-hybridized carbons (Fsp3) is 0.0588. The van der Waals surface area contributed by atoms with Crippen molar-refractivity contribution in [2.75, 3.05) is 5.32 Å². The van der Waals surface area contributed by atoms with Crippen LogP contribution in [0.4, 0.5) is 18.9 Å². The quantitative estimate of drug-likeness (QED) is 0.713. The molecule has 128 valence electrons. The molecule has 0 aliphatic heterocycles. The van der Waals surface area contributed by atoms with Gasteiger partial charge in [0, 0.05) is 6.07 Å². The third kappa shape index (κ3) is 3.51. The minimum absolute atomic E-state index is 0.0792. The van der Waals surface area contributed by atoms with Gasteiger partial charge in [-0.05, 0) is 30.3 Å². The Bertz CT molecular complexity index is 1030. The molecule has 1 heterocycles. The molecule has 1 aromatic heterocycles. The molecule has 8 heteroatoms. The van der Waals surface area contributed by atoms with Gasteiger partial charge in [0.15, 0.2) is 11.2 Å². The van der Waals surface area contributed by atoms with Crippen molar-refractivity contribution in [1.82, 2.24) is 0 Å². The third-order valence-electron chi connectivity index (χ3n) is 3.40. The van der Waals surface area contributed by atoms with Crippen LogP contribution in [0.25, 0.3) is 11.0 Å². The van der Waals surface area contributed by atoms with Crippen molar-refractivity contribution in [3.8, 4) is 0 Å². The molecule has 0 aliphatic carbocycles. The zero-order valence-electron chi connectivity index (χ0n) is 12.4. The zero-order chi connectivity index (χ0) is 18.2. The molecule has 1 amide bonds. The highest BCUT2D eigenvalue weighted by atomic mass is 35.5. The van der Waals surface area contributed by atoms with Crippen molar-refractivity contribution < 1.29 is 22.4 Å². The Morgan fingerprint density at radius 3 is 2.52 bits per heavy atom. The van der Waals surface area contributed by atoms with Crippen molar-refractivity contribution in [3.05, 3.63) is 75.1 Å². The van der Waals surface area contributed by atoms with Gasteiger partial charge in [-0.15, -0.1) is 0 Å². The molecule has 0 saturated heterocycles. The standard InChI is InChI=1S/C17H9ClF3NO3/c18-11-6-5-9(17(19,20)21)7-12(11)22-16(24)15-8-13(23)10-3-1-2-4-14(10)25-15/h1-8H,(H,22,24). The van der Waals surface area contributed by atoms with Gasteiger partial charge in [0.05, 0.1) is 21.7 Å². The van der Waals surface area contributed by atoms with E-state index in [0.29, 0.717) is 6.07 Å². The second-order valence-corrected chi connectivity index (χ2v) is 5.52. The topological polar surface area (TPSA) is 59.3 Å². The number of carbonyl (C=O) groups is 1. The monoisotopic (exact) mass is 367 g/mol. The molecule has 1 N–H and O–H groups in total. The molecule has 0 bridgehead atoms. The Hall–Kier alpha value is -2.80.